The second-order valence-electron chi connectivity index (χ2n) is 8.10. The maximum atomic E-state index is 14.3. The molecule has 0 spiro atoms. The molecule has 35 heavy (non-hydrogen) atoms. The highest BCUT2D eigenvalue weighted by Crippen LogP contribution is 2.27. The van der Waals surface area contributed by atoms with Crippen molar-refractivity contribution in [3.63, 3.8) is 0 Å². The van der Waals surface area contributed by atoms with E-state index in [4.69, 9.17) is 15.0 Å². The maximum absolute atomic E-state index is 14.3. The Morgan fingerprint density at radius 2 is 2.00 bits per heavy atom. The Morgan fingerprint density at radius 1 is 1.23 bits per heavy atom. The Bertz CT molecular complexity index is 1380. The summed E-state index contributed by atoms with van der Waals surface area (Å²) in [4.78, 5) is 32.2. The number of nitrogens with one attached hydrogen (secondary N) is 1. The molecule has 0 bridgehead atoms. The van der Waals surface area contributed by atoms with Crippen LogP contribution < -0.4 is 11.1 Å². The predicted octanol–water partition coefficient (Wildman–Crippen LogP) is 3.04. The molecule has 0 aliphatic heterocycles. The van der Waals surface area contributed by atoms with E-state index in [-0.39, 0.29) is 29.7 Å². The van der Waals surface area contributed by atoms with E-state index in [0.717, 1.165) is 0 Å². The van der Waals surface area contributed by atoms with Crippen LogP contribution in [0, 0.1) is 5.82 Å². The Labute approximate surface area is 199 Å². The van der Waals surface area contributed by atoms with E-state index in [9.17, 15) is 14.0 Å². The van der Waals surface area contributed by atoms with Crippen LogP contribution in [0.25, 0.3) is 22.9 Å². The van der Waals surface area contributed by atoms with Gasteiger partial charge in [-0.1, -0.05) is 23.4 Å². The second-order valence-corrected chi connectivity index (χ2v) is 8.10. The number of halogens is 1. The van der Waals surface area contributed by atoms with Gasteiger partial charge in [-0.15, -0.1) is 0 Å². The van der Waals surface area contributed by atoms with Gasteiger partial charge in [0.15, 0.2) is 17.2 Å². The van der Waals surface area contributed by atoms with Crippen LogP contribution >= 0.6 is 0 Å². The van der Waals surface area contributed by atoms with E-state index in [1.54, 1.807) is 35.0 Å². The average molecular weight is 479 g/mol. The number of anilines is 2. The minimum atomic E-state index is -1.42. The first-order chi connectivity index (χ1) is 16.6. The molecule has 0 radical (unpaired) electrons. The third-order valence-electron chi connectivity index (χ3n) is 5.00. The molecule has 1 amide bonds. The van der Waals surface area contributed by atoms with Crippen LogP contribution in [0.15, 0.2) is 53.4 Å². The summed E-state index contributed by atoms with van der Waals surface area (Å²) in [6, 6.07) is 9.70. The standard InChI is InChI=1S/C23H22FN7O4/c1-13(32)35-23(2,3)22(33)27-18-11-26-21(28-20(18)25)17-10-19(16-8-9-34-30-16)31(29-17)12-14-6-4-5-7-15(14)24/h4-11H,12H2,1-3H3,(H,27,33)(H2,25,26,28). The molecule has 3 heterocycles. The van der Waals surface area contributed by atoms with Crippen molar-refractivity contribution in [3.05, 3.63) is 60.2 Å². The summed E-state index contributed by atoms with van der Waals surface area (Å²) >= 11 is 0. The molecule has 0 fully saturated rings. The van der Waals surface area contributed by atoms with Crippen LogP contribution in [-0.4, -0.2) is 42.4 Å². The molecular formula is C23H22FN7O4. The number of hydrogen-bond donors (Lipinski definition) is 2. The number of aromatic nitrogens is 5. The van der Waals surface area contributed by atoms with Crippen molar-refractivity contribution in [1.29, 1.82) is 0 Å². The lowest BCUT2D eigenvalue weighted by molar-refractivity contribution is -0.160. The summed E-state index contributed by atoms with van der Waals surface area (Å²) in [6.45, 7) is 4.23. The van der Waals surface area contributed by atoms with Gasteiger partial charge in [0, 0.05) is 18.6 Å². The van der Waals surface area contributed by atoms with Crippen molar-refractivity contribution >= 4 is 23.4 Å². The number of carbonyl (C=O) groups is 2. The predicted molar refractivity (Wildman–Crippen MR) is 123 cm³/mol. The molecule has 0 aliphatic rings. The van der Waals surface area contributed by atoms with Gasteiger partial charge in [0.1, 0.15) is 29.2 Å². The molecule has 0 saturated heterocycles. The molecule has 1 aromatic carbocycles. The number of hydrogen-bond acceptors (Lipinski definition) is 9. The number of benzene rings is 1. The topological polar surface area (TPSA) is 151 Å². The van der Waals surface area contributed by atoms with Crippen LogP contribution in [0.1, 0.15) is 26.3 Å². The first kappa shape index (κ1) is 23.5. The van der Waals surface area contributed by atoms with Gasteiger partial charge in [0.05, 0.1) is 18.4 Å². The Kier molecular flexibility index (Phi) is 6.28. The number of carbonyl (C=O) groups excluding carboxylic acids is 2. The summed E-state index contributed by atoms with van der Waals surface area (Å²) in [7, 11) is 0. The van der Waals surface area contributed by atoms with Gasteiger partial charge in [-0.2, -0.15) is 5.10 Å². The zero-order chi connectivity index (χ0) is 25.2. The third kappa shape index (κ3) is 5.16. The van der Waals surface area contributed by atoms with E-state index in [0.29, 0.717) is 22.6 Å². The molecule has 12 heteroatoms. The van der Waals surface area contributed by atoms with Crippen LogP contribution in [0.3, 0.4) is 0 Å². The van der Waals surface area contributed by atoms with E-state index in [1.165, 1.54) is 39.3 Å². The smallest absolute Gasteiger partial charge is 0.303 e. The molecule has 4 rings (SSSR count). The van der Waals surface area contributed by atoms with Gasteiger partial charge >= 0.3 is 5.97 Å². The molecule has 0 unspecified atom stereocenters. The zero-order valence-electron chi connectivity index (χ0n) is 19.2. The minimum Gasteiger partial charge on any atom is -0.450 e. The van der Waals surface area contributed by atoms with Gasteiger partial charge in [0.2, 0.25) is 0 Å². The molecule has 0 atom stereocenters. The number of nitrogens with two attached hydrogens (primary N) is 1. The Balaban J connectivity index is 1.64. The first-order valence-electron chi connectivity index (χ1n) is 10.5. The highest BCUT2D eigenvalue weighted by Gasteiger charge is 2.31. The molecule has 180 valence electrons. The molecule has 0 saturated carbocycles. The Hall–Kier alpha value is -4.61. The van der Waals surface area contributed by atoms with Crippen molar-refractivity contribution in [1.82, 2.24) is 24.9 Å². The number of nitrogens with zero attached hydrogens (tertiary/aromatic N) is 5. The average Bonchev–Trinajstić information content (AvgIpc) is 3.46. The lowest BCUT2D eigenvalue weighted by Crippen LogP contribution is -2.41. The SMILES string of the molecule is CC(=O)OC(C)(C)C(=O)Nc1cnc(-c2cc(-c3ccon3)n(Cc3ccccc3F)n2)nc1N. The molecular weight excluding hydrogens is 457 g/mol. The number of amides is 1. The van der Waals surface area contributed by atoms with Crippen molar-refractivity contribution in [2.75, 3.05) is 11.1 Å². The quantitative estimate of drug-likeness (QED) is 0.381. The maximum Gasteiger partial charge on any atom is 0.303 e. The first-order valence-corrected chi connectivity index (χ1v) is 10.5. The molecule has 4 aromatic rings. The van der Waals surface area contributed by atoms with Gasteiger partial charge in [-0.25, -0.2) is 14.4 Å². The van der Waals surface area contributed by atoms with Crippen molar-refractivity contribution in [2.45, 2.75) is 32.9 Å². The molecule has 11 nitrogen and oxygen atoms in total. The fraction of sp³-hybridized carbons (Fsp3) is 0.217. The Morgan fingerprint density at radius 3 is 2.66 bits per heavy atom. The lowest BCUT2D eigenvalue weighted by Gasteiger charge is -2.23. The minimum absolute atomic E-state index is 0.0198. The van der Waals surface area contributed by atoms with Crippen LogP contribution in [0.5, 0.6) is 0 Å². The van der Waals surface area contributed by atoms with E-state index >= 15 is 0 Å². The summed E-state index contributed by atoms with van der Waals surface area (Å²) in [5.74, 6) is -1.41. The van der Waals surface area contributed by atoms with E-state index < -0.39 is 17.5 Å². The fourth-order valence-electron chi connectivity index (χ4n) is 3.28. The lowest BCUT2D eigenvalue weighted by atomic mass is 10.1. The van der Waals surface area contributed by atoms with Crippen LogP contribution in [0.2, 0.25) is 0 Å². The number of ether oxygens (including phenoxy) is 1. The molecule has 3 N–H and O–H groups in total. The zero-order valence-corrected chi connectivity index (χ0v) is 19.2. The van der Waals surface area contributed by atoms with Crippen molar-refractivity contribution in [3.8, 4) is 22.9 Å². The van der Waals surface area contributed by atoms with Gasteiger partial charge in [-0.3, -0.25) is 14.3 Å². The summed E-state index contributed by atoms with van der Waals surface area (Å²) < 4.78 is 25.8. The largest absolute Gasteiger partial charge is 0.450 e. The fourth-order valence-corrected chi connectivity index (χ4v) is 3.28. The molecule has 3 aromatic heterocycles. The van der Waals surface area contributed by atoms with Crippen molar-refractivity contribution in [2.24, 2.45) is 0 Å². The third-order valence-corrected chi connectivity index (χ3v) is 5.00. The summed E-state index contributed by atoms with van der Waals surface area (Å²) in [5, 5.41) is 11.0. The van der Waals surface area contributed by atoms with E-state index in [1.807, 2.05) is 0 Å². The second kappa shape index (κ2) is 9.33. The highest BCUT2D eigenvalue weighted by molar-refractivity contribution is 5.99. The van der Waals surface area contributed by atoms with Gasteiger partial charge < -0.3 is 20.3 Å². The summed E-state index contributed by atoms with van der Waals surface area (Å²) in [6.07, 6.45) is 2.74. The van der Waals surface area contributed by atoms with Crippen LogP contribution in [-0.2, 0) is 20.9 Å². The van der Waals surface area contributed by atoms with E-state index in [2.05, 4.69) is 25.5 Å². The van der Waals surface area contributed by atoms with Crippen LogP contribution in [0.4, 0.5) is 15.9 Å². The number of nitrogen functional groups attached to an aromatic ring is 1. The monoisotopic (exact) mass is 479 g/mol. The highest BCUT2D eigenvalue weighted by atomic mass is 19.1. The summed E-state index contributed by atoms with van der Waals surface area (Å²) in [5.41, 5.74) is 6.60. The van der Waals surface area contributed by atoms with Crippen molar-refractivity contribution < 1.29 is 23.2 Å². The number of esters is 1. The van der Waals surface area contributed by atoms with Gasteiger partial charge in [-0.05, 0) is 26.0 Å². The molecule has 0 aliphatic carbocycles. The van der Waals surface area contributed by atoms with Gasteiger partial charge in [0.25, 0.3) is 5.91 Å². The number of rotatable bonds is 7. The normalized spacial score (nSPS) is 11.3.